The first kappa shape index (κ1) is 28.6. The second-order valence-electron chi connectivity index (χ2n) is 9.91. The zero-order valence-electron chi connectivity index (χ0n) is 22.3. The van der Waals surface area contributed by atoms with E-state index in [1.807, 2.05) is 26.8 Å². The third-order valence-electron chi connectivity index (χ3n) is 7.09. The minimum atomic E-state index is -0.557. The third kappa shape index (κ3) is 8.31. The van der Waals surface area contributed by atoms with Gasteiger partial charge < -0.3 is 14.6 Å². The molecule has 3 rings (SSSR count). The molecule has 2 aromatic rings. The lowest BCUT2D eigenvalue weighted by molar-refractivity contribution is -0.143. The van der Waals surface area contributed by atoms with Gasteiger partial charge in [-0.1, -0.05) is 54.4 Å². The van der Waals surface area contributed by atoms with Crippen molar-refractivity contribution in [2.45, 2.75) is 84.5 Å². The van der Waals surface area contributed by atoms with Gasteiger partial charge in [0.25, 0.3) is 0 Å². The standard InChI is InChI=1S/C30H42ClNO4/c1-5-24-17-23(10-13-29(24)31)18-26-8-7-15-32(26)19-27(33)20-36-22(4)28-12-9-21(3)16-25(28)11-14-30(34)35-6-2/h9-10,12-13,16-17,22,26-27,33H,5-8,11,14-15,18-20H2,1-4H3/t22-,26+,27-/m1/s1. The predicted molar refractivity (Wildman–Crippen MR) is 146 cm³/mol. The number of aliphatic hydroxyl groups is 1. The fourth-order valence-corrected chi connectivity index (χ4v) is 5.40. The van der Waals surface area contributed by atoms with Crippen LogP contribution in [-0.4, -0.2) is 54.4 Å². The van der Waals surface area contributed by atoms with Crippen LogP contribution in [0, 0.1) is 6.92 Å². The van der Waals surface area contributed by atoms with Gasteiger partial charge >= 0.3 is 5.97 Å². The summed E-state index contributed by atoms with van der Waals surface area (Å²) in [7, 11) is 0. The van der Waals surface area contributed by atoms with Crippen molar-refractivity contribution in [3.8, 4) is 0 Å². The van der Waals surface area contributed by atoms with E-state index in [4.69, 9.17) is 21.1 Å². The Morgan fingerprint density at radius 3 is 2.75 bits per heavy atom. The zero-order chi connectivity index (χ0) is 26.1. The Labute approximate surface area is 221 Å². The maximum Gasteiger partial charge on any atom is 0.306 e. The van der Waals surface area contributed by atoms with Gasteiger partial charge in [-0.2, -0.15) is 0 Å². The highest BCUT2D eigenvalue weighted by Crippen LogP contribution is 2.26. The molecule has 0 spiro atoms. The van der Waals surface area contributed by atoms with Crippen LogP contribution in [0.4, 0.5) is 0 Å². The molecule has 1 fully saturated rings. The first-order chi connectivity index (χ1) is 17.3. The van der Waals surface area contributed by atoms with Gasteiger partial charge in [0.1, 0.15) is 0 Å². The van der Waals surface area contributed by atoms with E-state index in [1.165, 1.54) is 11.1 Å². The molecule has 1 saturated heterocycles. The number of hydrogen-bond donors (Lipinski definition) is 1. The number of esters is 1. The summed E-state index contributed by atoms with van der Waals surface area (Å²) in [6, 6.07) is 13.0. The van der Waals surface area contributed by atoms with Crippen molar-refractivity contribution in [2.24, 2.45) is 0 Å². The largest absolute Gasteiger partial charge is 0.466 e. The molecule has 0 aromatic heterocycles. The quantitative estimate of drug-likeness (QED) is 0.339. The van der Waals surface area contributed by atoms with Crippen molar-refractivity contribution >= 4 is 17.6 Å². The number of ether oxygens (including phenoxy) is 2. The summed E-state index contributed by atoms with van der Waals surface area (Å²) in [4.78, 5) is 14.3. The van der Waals surface area contributed by atoms with Crippen LogP contribution in [0.3, 0.4) is 0 Å². The van der Waals surface area contributed by atoms with Gasteiger partial charge in [0.05, 0.1) is 25.4 Å². The van der Waals surface area contributed by atoms with Crippen molar-refractivity contribution in [1.29, 1.82) is 0 Å². The van der Waals surface area contributed by atoms with Crippen LogP contribution < -0.4 is 0 Å². The second-order valence-corrected chi connectivity index (χ2v) is 10.3. The molecule has 0 aliphatic carbocycles. The lowest BCUT2D eigenvalue weighted by atomic mass is 9.97. The van der Waals surface area contributed by atoms with Gasteiger partial charge in [-0.3, -0.25) is 9.69 Å². The van der Waals surface area contributed by atoms with Crippen molar-refractivity contribution < 1.29 is 19.4 Å². The van der Waals surface area contributed by atoms with E-state index in [0.29, 0.717) is 32.0 Å². The average Bonchev–Trinajstić information content (AvgIpc) is 3.28. The fourth-order valence-electron chi connectivity index (χ4n) is 5.15. The van der Waals surface area contributed by atoms with Crippen LogP contribution in [0.5, 0.6) is 0 Å². The van der Waals surface area contributed by atoms with Gasteiger partial charge in [-0.05, 0) is 87.7 Å². The molecule has 3 atom stereocenters. The lowest BCUT2D eigenvalue weighted by Gasteiger charge is -2.28. The smallest absolute Gasteiger partial charge is 0.306 e. The number of aliphatic hydroxyl groups excluding tert-OH is 1. The predicted octanol–water partition coefficient (Wildman–Crippen LogP) is 5.85. The summed E-state index contributed by atoms with van der Waals surface area (Å²) < 4.78 is 11.2. The van der Waals surface area contributed by atoms with E-state index in [-0.39, 0.29) is 18.7 Å². The number of benzene rings is 2. The Morgan fingerprint density at radius 1 is 1.19 bits per heavy atom. The minimum absolute atomic E-state index is 0.173. The zero-order valence-corrected chi connectivity index (χ0v) is 23.0. The molecular formula is C30H42ClNO4. The van der Waals surface area contributed by atoms with Gasteiger partial charge in [-0.25, -0.2) is 0 Å². The van der Waals surface area contributed by atoms with Gasteiger partial charge in [0.15, 0.2) is 0 Å². The summed E-state index contributed by atoms with van der Waals surface area (Å²) in [5, 5.41) is 11.6. The highest BCUT2D eigenvalue weighted by Gasteiger charge is 2.27. The highest BCUT2D eigenvalue weighted by molar-refractivity contribution is 6.31. The normalized spacial score (nSPS) is 17.8. The summed E-state index contributed by atoms with van der Waals surface area (Å²) in [5.41, 5.74) is 5.81. The maximum atomic E-state index is 11.9. The number of halogens is 1. The molecule has 6 heteroatoms. The molecular weight excluding hydrogens is 474 g/mol. The van der Waals surface area contributed by atoms with E-state index in [0.717, 1.165) is 53.9 Å². The molecule has 0 unspecified atom stereocenters. The van der Waals surface area contributed by atoms with Gasteiger partial charge in [0.2, 0.25) is 0 Å². The third-order valence-corrected chi connectivity index (χ3v) is 7.45. The van der Waals surface area contributed by atoms with Crippen molar-refractivity contribution in [1.82, 2.24) is 4.90 Å². The fraction of sp³-hybridized carbons (Fsp3) is 0.567. The Bertz CT molecular complexity index is 995. The Kier molecular flexibility index (Phi) is 11.2. The van der Waals surface area contributed by atoms with Crippen LogP contribution in [0.1, 0.15) is 74.0 Å². The number of likely N-dealkylation sites (tertiary alicyclic amines) is 1. The molecule has 1 N–H and O–H groups in total. The van der Waals surface area contributed by atoms with Crippen molar-refractivity contribution in [2.75, 3.05) is 26.3 Å². The van der Waals surface area contributed by atoms with Crippen LogP contribution in [0.15, 0.2) is 36.4 Å². The average molecular weight is 516 g/mol. The SMILES string of the molecule is CCOC(=O)CCc1cc(C)ccc1[C@@H](C)OC[C@H](O)CN1CCC[C@H]1Cc1ccc(Cl)c(CC)c1. The summed E-state index contributed by atoms with van der Waals surface area (Å²) >= 11 is 6.30. The molecule has 1 aliphatic heterocycles. The van der Waals surface area contributed by atoms with Crippen LogP contribution in [-0.2, 0) is 33.5 Å². The van der Waals surface area contributed by atoms with E-state index in [1.54, 1.807) is 0 Å². The maximum absolute atomic E-state index is 11.9. The van der Waals surface area contributed by atoms with Gasteiger partial charge in [0, 0.05) is 24.0 Å². The monoisotopic (exact) mass is 515 g/mol. The van der Waals surface area contributed by atoms with Crippen molar-refractivity contribution in [3.63, 3.8) is 0 Å². The molecule has 5 nitrogen and oxygen atoms in total. The van der Waals surface area contributed by atoms with Crippen LogP contribution in [0.2, 0.25) is 5.02 Å². The number of aryl methyl sites for hydroxylation is 3. The molecule has 0 bridgehead atoms. The number of carbonyl (C=O) groups excluding carboxylic acids is 1. The molecule has 0 saturated carbocycles. The van der Waals surface area contributed by atoms with Crippen LogP contribution in [0.25, 0.3) is 0 Å². The summed E-state index contributed by atoms with van der Waals surface area (Å²) in [6.45, 7) is 10.3. The Hall–Kier alpha value is -1.92. The molecule has 0 amide bonds. The van der Waals surface area contributed by atoms with E-state index >= 15 is 0 Å². The molecule has 36 heavy (non-hydrogen) atoms. The first-order valence-electron chi connectivity index (χ1n) is 13.4. The molecule has 1 aliphatic rings. The topological polar surface area (TPSA) is 59.0 Å². The number of hydrogen-bond acceptors (Lipinski definition) is 5. The van der Waals surface area contributed by atoms with Crippen molar-refractivity contribution in [3.05, 3.63) is 69.2 Å². The lowest BCUT2D eigenvalue weighted by Crippen LogP contribution is -2.39. The highest BCUT2D eigenvalue weighted by atomic mass is 35.5. The number of rotatable bonds is 13. The Morgan fingerprint density at radius 2 is 2.00 bits per heavy atom. The number of β-amino-alcohol motifs (C(OH)–C–C–N with tert-alkyl or cyclic N) is 1. The molecule has 2 aromatic carbocycles. The molecule has 0 radical (unpaired) electrons. The first-order valence-corrected chi connectivity index (χ1v) is 13.7. The number of nitrogens with zero attached hydrogens (tertiary/aromatic N) is 1. The Balaban J connectivity index is 1.53. The van der Waals surface area contributed by atoms with E-state index in [2.05, 4.69) is 42.2 Å². The summed E-state index contributed by atoms with van der Waals surface area (Å²) in [5.74, 6) is -0.182. The summed E-state index contributed by atoms with van der Waals surface area (Å²) in [6.07, 6.45) is 4.43. The second kappa shape index (κ2) is 14.1. The molecule has 198 valence electrons. The number of carbonyl (C=O) groups is 1. The minimum Gasteiger partial charge on any atom is -0.466 e. The van der Waals surface area contributed by atoms with Crippen LogP contribution >= 0.6 is 11.6 Å². The van der Waals surface area contributed by atoms with E-state index in [9.17, 15) is 9.90 Å². The molecule has 1 heterocycles. The van der Waals surface area contributed by atoms with Gasteiger partial charge in [-0.15, -0.1) is 0 Å². The van der Waals surface area contributed by atoms with E-state index < -0.39 is 6.10 Å².